The number of hydrogen-bond acceptors (Lipinski definition) is 2. The van der Waals surface area contributed by atoms with E-state index in [1.54, 1.807) is 6.07 Å². The van der Waals surface area contributed by atoms with Crippen molar-refractivity contribution < 1.29 is 9.50 Å². The first kappa shape index (κ1) is 13.6. The molecule has 0 spiro atoms. The maximum atomic E-state index is 12.8. The minimum atomic E-state index is -0.244. The third-order valence-electron chi connectivity index (χ3n) is 2.36. The normalized spacial score (nSPS) is 11.8. The van der Waals surface area contributed by atoms with Crippen LogP contribution in [0.4, 0.5) is 4.39 Å². The lowest BCUT2D eigenvalue weighted by molar-refractivity contribution is 0.156. The number of aliphatic hydroxyl groups excluding tert-OH is 1. The average Bonchev–Trinajstić information content (AvgIpc) is 2.21. The van der Waals surface area contributed by atoms with Crippen LogP contribution < -0.4 is 5.32 Å². The van der Waals surface area contributed by atoms with Gasteiger partial charge in [-0.25, -0.2) is 4.39 Å². The van der Waals surface area contributed by atoms with E-state index in [4.69, 9.17) is 5.11 Å². The second kappa shape index (κ2) is 5.75. The molecule has 0 aromatic heterocycles. The minimum Gasteiger partial charge on any atom is -0.396 e. The predicted molar refractivity (Wildman–Crippen MR) is 66.7 cm³/mol. The summed E-state index contributed by atoms with van der Waals surface area (Å²) in [5.41, 5.74) is 0.877. The summed E-state index contributed by atoms with van der Waals surface area (Å²) in [6.07, 6.45) is 0. The minimum absolute atomic E-state index is 0.132. The first-order chi connectivity index (χ1) is 7.44. The Bertz CT molecular complexity index is 355. The van der Waals surface area contributed by atoms with Gasteiger partial charge in [0.2, 0.25) is 0 Å². The molecule has 2 N–H and O–H groups in total. The zero-order valence-corrected chi connectivity index (χ0v) is 11.1. The molecule has 0 saturated heterocycles. The Morgan fingerprint density at radius 1 is 1.44 bits per heavy atom. The second-order valence-electron chi connectivity index (χ2n) is 4.66. The van der Waals surface area contributed by atoms with Gasteiger partial charge < -0.3 is 10.4 Å². The zero-order chi connectivity index (χ0) is 12.2. The number of halogens is 2. The largest absolute Gasteiger partial charge is 0.396 e. The van der Waals surface area contributed by atoms with Crippen molar-refractivity contribution in [2.45, 2.75) is 20.4 Å². The molecule has 0 bridgehead atoms. The van der Waals surface area contributed by atoms with Crippen molar-refractivity contribution in [3.8, 4) is 0 Å². The Morgan fingerprint density at radius 3 is 2.69 bits per heavy atom. The quantitative estimate of drug-likeness (QED) is 0.874. The second-order valence-corrected chi connectivity index (χ2v) is 5.52. The maximum absolute atomic E-state index is 12.8. The van der Waals surface area contributed by atoms with Crippen LogP contribution in [0.25, 0.3) is 0 Å². The van der Waals surface area contributed by atoms with E-state index in [2.05, 4.69) is 21.2 Å². The number of hydrogen-bond donors (Lipinski definition) is 2. The number of benzene rings is 1. The molecule has 0 radical (unpaired) electrons. The van der Waals surface area contributed by atoms with E-state index in [0.29, 0.717) is 13.1 Å². The molecule has 0 aliphatic heterocycles. The molecule has 0 aliphatic carbocycles. The molecule has 0 fully saturated rings. The summed E-state index contributed by atoms with van der Waals surface area (Å²) < 4.78 is 13.6. The highest BCUT2D eigenvalue weighted by Gasteiger charge is 2.15. The first-order valence-corrected chi connectivity index (χ1v) is 5.99. The van der Waals surface area contributed by atoms with E-state index in [1.165, 1.54) is 12.1 Å². The van der Waals surface area contributed by atoms with Gasteiger partial charge in [-0.3, -0.25) is 0 Å². The molecule has 0 unspecified atom stereocenters. The van der Waals surface area contributed by atoms with Gasteiger partial charge in [0, 0.05) is 29.6 Å². The van der Waals surface area contributed by atoms with Gasteiger partial charge >= 0.3 is 0 Å². The van der Waals surface area contributed by atoms with Gasteiger partial charge in [0.1, 0.15) is 5.82 Å². The monoisotopic (exact) mass is 289 g/mol. The molecular formula is C12H17BrFNO. The van der Waals surface area contributed by atoms with Gasteiger partial charge in [-0.1, -0.05) is 35.8 Å². The number of rotatable bonds is 5. The highest BCUT2D eigenvalue weighted by molar-refractivity contribution is 9.10. The van der Waals surface area contributed by atoms with Crippen LogP contribution in [0.15, 0.2) is 22.7 Å². The van der Waals surface area contributed by atoms with Crippen LogP contribution in [-0.2, 0) is 6.54 Å². The lowest BCUT2D eigenvalue weighted by Crippen LogP contribution is -2.31. The molecule has 16 heavy (non-hydrogen) atoms. The summed E-state index contributed by atoms with van der Waals surface area (Å²) in [6, 6.07) is 4.64. The Kier molecular flexibility index (Phi) is 4.89. The summed E-state index contributed by atoms with van der Waals surface area (Å²) in [5, 5.41) is 12.3. The smallest absolute Gasteiger partial charge is 0.124 e. The van der Waals surface area contributed by atoms with E-state index in [-0.39, 0.29) is 17.8 Å². The van der Waals surface area contributed by atoms with Crippen LogP contribution in [0.2, 0.25) is 0 Å². The van der Waals surface area contributed by atoms with Crippen LogP contribution in [0, 0.1) is 11.2 Å². The fourth-order valence-corrected chi connectivity index (χ4v) is 1.75. The van der Waals surface area contributed by atoms with Crippen molar-refractivity contribution in [1.29, 1.82) is 0 Å². The molecule has 0 aliphatic rings. The van der Waals surface area contributed by atoms with Gasteiger partial charge in [-0.05, 0) is 17.7 Å². The average molecular weight is 290 g/mol. The molecule has 90 valence electrons. The molecule has 0 amide bonds. The Balaban J connectivity index is 2.49. The molecule has 4 heteroatoms. The van der Waals surface area contributed by atoms with Gasteiger partial charge in [-0.2, -0.15) is 0 Å². The molecule has 1 aromatic carbocycles. The summed E-state index contributed by atoms with van der Waals surface area (Å²) >= 11 is 3.32. The summed E-state index contributed by atoms with van der Waals surface area (Å²) in [4.78, 5) is 0. The van der Waals surface area contributed by atoms with E-state index < -0.39 is 0 Å². The van der Waals surface area contributed by atoms with Crippen LogP contribution in [0.1, 0.15) is 19.4 Å². The highest BCUT2D eigenvalue weighted by atomic mass is 79.9. The topological polar surface area (TPSA) is 32.3 Å². The van der Waals surface area contributed by atoms with Gasteiger partial charge in [0.25, 0.3) is 0 Å². The van der Waals surface area contributed by atoms with Crippen molar-refractivity contribution in [3.63, 3.8) is 0 Å². The van der Waals surface area contributed by atoms with Crippen molar-refractivity contribution in [2.75, 3.05) is 13.2 Å². The van der Waals surface area contributed by atoms with Gasteiger partial charge in [-0.15, -0.1) is 0 Å². The third-order valence-corrected chi connectivity index (χ3v) is 3.10. The Labute approximate surface area is 104 Å². The first-order valence-electron chi connectivity index (χ1n) is 5.20. The van der Waals surface area contributed by atoms with Crippen molar-refractivity contribution in [3.05, 3.63) is 34.1 Å². The van der Waals surface area contributed by atoms with Crippen molar-refractivity contribution >= 4 is 15.9 Å². The Morgan fingerprint density at radius 2 is 2.12 bits per heavy atom. The molecule has 0 saturated carbocycles. The fourth-order valence-electron chi connectivity index (χ4n) is 1.26. The van der Waals surface area contributed by atoms with Crippen molar-refractivity contribution in [2.24, 2.45) is 5.41 Å². The molecule has 2 nitrogen and oxygen atoms in total. The van der Waals surface area contributed by atoms with E-state index in [0.717, 1.165) is 10.0 Å². The summed E-state index contributed by atoms with van der Waals surface area (Å²) in [5.74, 6) is -0.244. The summed E-state index contributed by atoms with van der Waals surface area (Å²) in [6.45, 7) is 5.49. The van der Waals surface area contributed by atoms with E-state index >= 15 is 0 Å². The maximum Gasteiger partial charge on any atom is 0.124 e. The van der Waals surface area contributed by atoms with Crippen LogP contribution in [-0.4, -0.2) is 18.3 Å². The Hall–Kier alpha value is -0.450. The fraction of sp³-hybridized carbons (Fsp3) is 0.500. The summed E-state index contributed by atoms with van der Waals surface area (Å²) in [7, 11) is 0. The predicted octanol–water partition coefficient (Wildman–Crippen LogP) is 2.70. The van der Waals surface area contributed by atoms with Crippen LogP contribution in [0.5, 0.6) is 0 Å². The van der Waals surface area contributed by atoms with Crippen LogP contribution in [0.3, 0.4) is 0 Å². The molecule has 1 rings (SSSR count). The van der Waals surface area contributed by atoms with E-state index in [9.17, 15) is 4.39 Å². The lowest BCUT2D eigenvalue weighted by atomic mass is 9.95. The molecule has 0 heterocycles. The van der Waals surface area contributed by atoms with Crippen molar-refractivity contribution in [1.82, 2.24) is 5.32 Å². The highest BCUT2D eigenvalue weighted by Crippen LogP contribution is 2.18. The standard InChI is InChI=1S/C12H17BrFNO/c1-12(2,8-16)7-15-6-9-3-4-10(14)5-11(9)13/h3-5,15-16H,6-8H2,1-2H3. The lowest BCUT2D eigenvalue weighted by Gasteiger charge is -2.22. The zero-order valence-electron chi connectivity index (χ0n) is 9.56. The van der Waals surface area contributed by atoms with E-state index in [1.807, 2.05) is 13.8 Å². The molecule has 0 atom stereocenters. The van der Waals surface area contributed by atoms with Gasteiger partial charge in [0.15, 0.2) is 0 Å². The number of nitrogens with one attached hydrogen (secondary N) is 1. The SMILES string of the molecule is CC(C)(CO)CNCc1ccc(F)cc1Br. The molecular weight excluding hydrogens is 273 g/mol. The number of aliphatic hydroxyl groups is 1. The molecule has 1 aromatic rings. The third kappa shape index (κ3) is 4.20. The van der Waals surface area contributed by atoms with Crippen LogP contribution >= 0.6 is 15.9 Å². The van der Waals surface area contributed by atoms with Gasteiger partial charge in [0.05, 0.1) is 0 Å².